The van der Waals surface area contributed by atoms with Gasteiger partial charge < -0.3 is 4.74 Å². The van der Waals surface area contributed by atoms with Crippen molar-refractivity contribution >= 4 is 5.97 Å². The lowest BCUT2D eigenvalue weighted by molar-refractivity contribution is -0.141. The highest BCUT2D eigenvalue weighted by atomic mass is 19.1. The van der Waals surface area contributed by atoms with Gasteiger partial charge in [0.1, 0.15) is 6.07 Å². The second-order valence-corrected chi connectivity index (χ2v) is 3.11. The molecule has 0 aliphatic carbocycles. The molecule has 0 N–H and O–H groups in total. The molecule has 0 bridgehead atoms. The Kier molecular flexibility index (Phi) is 2.83. The van der Waals surface area contributed by atoms with Gasteiger partial charge in [-0.05, 0) is 0 Å². The second-order valence-electron chi connectivity index (χ2n) is 3.11. The first kappa shape index (κ1) is 9.93. The average Bonchev–Trinajstić information content (AvgIpc) is 2.48. The molecule has 0 amide bonds. The number of esters is 1. The van der Waals surface area contributed by atoms with Gasteiger partial charge in [-0.1, -0.05) is 0 Å². The van der Waals surface area contributed by atoms with E-state index >= 15 is 0 Å². The zero-order valence-corrected chi connectivity index (χ0v) is 7.42. The maximum absolute atomic E-state index is 13.3. The summed E-state index contributed by atoms with van der Waals surface area (Å²) in [5, 5.41) is 8.47. The zero-order chi connectivity index (χ0) is 9.90. The summed E-state index contributed by atoms with van der Waals surface area (Å²) in [7, 11) is 1.28. The molecule has 1 aliphatic heterocycles. The number of hydrogen-bond acceptors (Lipinski definition) is 4. The molecule has 0 aromatic rings. The van der Waals surface area contributed by atoms with Crippen LogP contribution in [-0.2, 0) is 9.53 Å². The summed E-state index contributed by atoms with van der Waals surface area (Å²) in [4.78, 5) is 12.4. The fourth-order valence-corrected chi connectivity index (χ4v) is 1.32. The monoisotopic (exact) mass is 186 g/mol. The Morgan fingerprint density at radius 3 is 3.00 bits per heavy atom. The molecular formula is C8H11FN2O2. The van der Waals surface area contributed by atoms with Crippen LogP contribution >= 0.6 is 0 Å². The molecule has 0 saturated carbocycles. The van der Waals surface area contributed by atoms with Crippen molar-refractivity contribution in [2.45, 2.75) is 12.1 Å². The summed E-state index contributed by atoms with van der Waals surface area (Å²) >= 11 is 0. The fraction of sp³-hybridized carbons (Fsp3) is 0.750. The van der Waals surface area contributed by atoms with Crippen LogP contribution in [0.1, 0.15) is 6.42 Å². The topological polar surface area (TPSA) is 53.3 Å². The highest BCUT2D eigenvalue weighted by molar-refractivity contribution is 5.71. The molecule has 1 atom stereocenters. The molecule has 0 radical (unpaired) electrons. The summed E-state index contributed by atoms with van der Waals surface area (Å²) in [6.07, 6.45) is 0.167. The van der Waals surface area contributed by atoms with Crippen molar-refractivity contribution in [1.82, 2.24) is 4.90 Å². The van der Waals surface area contributed by atoms with Crippen molar-refractivity contribution in [2.24, 2.45) is 0 Å². The van der Waals surface area contributed by atoms with Gasteiger partial charge in [-0.3, -0.25) is 9.69 Å². The molecule has 1 heterocycles. The van der Waals surface area contributed by atoms with Crippen molar-refractivity contribution in [1.29, 1.82) is 5.26 Å². The Balaban J connectivity index is 2.43. The number of nitrogens with zero attached hydrogens (tertiary/aromatic N) is 2. The molecule has 5 heteroatoms. The van der Waals surface area contributed by atoms with Crippen LogP contribution in [0, 0.1) is 11.3 Å². The minimum atomic E-state index is -1.78. The van der Waals surface area contributed by atoms with Gasteiger partial charge in [-0.25, -0.2) is 4.39 Å². The van der Waals surface area contributed by atoms with Crippen molar-refractivity contribution in [2.75, 3.05) is 26.7 Å². The largest absolute Gasteiger partial charge is 0.468 e. The van der Waals surface area contributed by atoms with Gasteiger partial charge in [0.15, 0.2) is 0 Å². The van der Waals surface area contributed by atoms with Gasteiger partial charge in [0.2, 0.25) is 5.67 Å². The van der Waals surface area contributed by atoms with Crippen LogP contribution in [0.2, 0.25) is 0 Å². The smallest absolute Gasteiger partial charge is 0.319 e. The van der Waals surface area contributed by atoms with Gasteiger partial charge in [-0.15, -0.1) is 0 Å². The summed E-state index contributed by atoms with van der Waals surface area (Å²) in [5.41, 5.74) is -1.78. The van der Waals surface area contributed by atoms with E-state index < -0.39 is 11.6 Å². The third kappa shape index (κ3) is 2.39. The van der Waals surface area contributed by atoms with Crippen LogP contribution in [0.4, 0.5) is 4.39 Å². The molecule has 1 unspecified atom stereocenters. The zero-order valence-electron chi connectivity index (χ0n) is 7.42. The maximum Gasteiger partial charge on any atom is 0.319 e. The van der Waals surface area contributed by atoms with Crippen LogP contribution in [0.5, 0.6) is 0 Å². The highest BCUT2D eigenvalue weighted by Crippen LogP contribution is 2.24. The molecule has 0 aromatic carbocycles. The molecule has 1 aliphatic rings. The van der Waals surface area contributed by atoms with Crippen LogP contribution in [0.15, 0.2) is 0 Å². The molecular weight excluding hydrogens is 175 g/mol. The van der Waals surface area contributed by atoms with E-state index in [1.807, 2.05) is 0 Å². The lowest BCUT2D eigenvalue weighted by Crippen LogP contribution is -2.32. The maximum atomic E-state index is 13.3. The van der Waals surface area contributed by atoms with Gasteiger partial charge in [-0.2, -0.15) is 5.26 Å². The van der Waals surface area contributed by atoms with E-state index in [0.29, 0.717) is 6.54 Å². The summed E-state index contributed by atoms with van der Waals surface area (Å²) in [5.74, 6) is -0.401. The molecule has 0 aromatic heterocycles. The van der Waals surface area contributed by atoms with Crippen molar-refractivity contribution in [3.05, 3.63) is 0 Å². The van der Waals surface area contributed by atoms with Crippen LogP contribution < -0.4 is 0 Å². The average molecular weight is 186 g/mol. The van der Waals surface area contributed by atoms with E-state index in [4.69, 9.17) is 5.26 Å². The Hall–Kier alpha value is -1.15. The first-order chi connectivity index (χ1) is 6.09. The number of alkyl halides is 1. The number of carbonyl (C=O) groups is 1. The molecule has 0 spiro atoms. The van der Waals surface area contributed by atoms with Crippen LogP contribution in [0.25, 0.3) is 0 Å². The number of halogens is 1. The lowest BCUT2D eigenvalue weighted by atomic mass is 10.1. The Morgan fingerprint density at radius 2 is 2.54 bits per heavy atom. The number of methoxy groups -OCH3 is 1. The standard InChI is InChI=1S/C8H11FN2O2/c1-13-7(12)4-11-3-2-8(9,5-10)6-11/h2-4,6H2,1H3. The number of ether oxygens (including phenoxy) is 1. The van der Waals surface area contributed by atoms with Crippen molar-refractivity contribution in [3.8, 4) is 6.07 Å². The Bertz CT molecular complexity index is 251. The molecule has 1 rings (SSSR count). The number of likely N-dealkylation sites (tertiary alicyclic amines) is 1. The normalized spacial score (nSPS) is 28.4. The number of nitriles is 1. The van der Waals surface area contributed by atoms with Gasteiger partial charge in [0, 0.05) is 19.5 Å². The van der Waals surface area contributed by atoms with E-state index in [-0.39, 0.29) is 19.5 Å². The minimum Gasteiger partial charge on any atom is -0.468 e. The number of carbonyl (C=O) groups excluding carboxylic acids is 1. The van der Waals surface area contributed by atoms with Crippen LogP contribution in [0.3, 0.4) is 0 Å². The Morgan fingerprint density at radius 1 is 1.85 bits per heavy atom. The molecule has 1 fully saturated rings. The lowest BCUT2D eigenvalue weighted by Gasteiger charge is -2.13. The molecule has 1 saturated heterocycles. The first-order valence-corrected chi connectivity index (χ1v) is 3.99. The number of hydrogen-bond donors (Lipinski definition) is 0. The van der Waals surface area contributed by atoms with Gasteiger partial charge >= 0.3 is 5.97 Å². The van der Waals surface area contributed by atoms with Crippen molar-refractivity contribution < 1.29 is 13.9 Å². The van der Waals surface area contributed by atoms with E-state index in [1.165, 1.54) is 7.11 Å². The minimum absolute atomic E-state index is 0.00139. The Labute approximate surface area is 75.9 Å². The van der Waals surface area contributed by atoms with Crippen LogP contribution in [-0.4, -0.2) is 43.3 Å². The van der Waals surface area contributed by atoms with E-state index in [2.05, 4.69) is 4.74 Å². The quantitative estimate of drug-likeness (QED) is 0.574. The SMILES string of the molecule is COC(=O)CN1CCC(F)(C#N)C1. The number of rotatable bonds is 2. The second kappa shape index (κ2) is 3.71. The molecule has 72 valence electrons. The van der Waals surface area contributed by atoms with E-state index in [1.54, 1.807) is 11.0 Å². The third-order valence-electron chi connectivity index (χ3n) is 2.08. The first-order valence-electron chi connectivity index (χ1n) is 3.99. The van der Waals surface area contributed by atoms with E-state index in [0.717, 1.165) is 0 Å². The predicted octanol–water partition coefficient (Wildman–Crippen LogP) is 0.0970. The summed E-state index contributed by atoms with van der Waals surface area (Å²) in [6.45, 7) is 0.488. The van der Waals surface area contributed by atoms with Crippen molar-refractivity contribution in [3.63, 3.8) is 0 Å². The molecule has 4 nitrogen and oxygen atoms in total. The van der Waals surface area contributed by atoms with Gasteiger partial charge in [0.25, 0.3) is 0 Å². The highest BCUT2D eigenvalue weighted by Gasteiger charge is 2.38. The fourth-order valence-electron chi connectivity index (χ4n) is 1.32. The van der Waals surface area contributed by atoms with Gasteiger partial charge in [0.05, 0.1) is 13.7 Å². The third-order valence-corrected chi connectivity index (χ3v) is 2.08. The summed E-state index contributed by atoms with van der Waals surface area (Å²) < 4.78 is 17.7. The summed E-state index contributed by atoms with van der Waals surface area (Å²) in [6, 6.07) is 1.60. The predicted molar refractivity (Wildman–Crippen MR) is 42.5 cm³/mol. The molecule has 13 heavy (non-hydrogen) atoms. The van der Waals surface area contributed by atoms with E-state index in [9.17, 15) is 9.18 Å².